The molecule has 2 bridgehead atoms. The zero-order chi connectivity index (χ0) is 6.27. The molecule has 3 rings (SSSR count). The zero-order valence-corrected chi connectivity index (χ0v) is 6.27. The van der Waals surface area contributed by atoms with Crippen LogP contribution in [0.5, 0.6) is 0 Å². The van der Waals surface area contributed by atoms with E-state index in [1.807, 2.05) is 0 Å². The minimum Gasteiger partial charge on any atom is -0.0651 e. The Balaban J connectivity index is 1.94. The first kappa shape index (κ1) is 5.76. The van der Waals surface area contributed by atoms with Crippen molar-refractivity contribution in [1.29, 1.82) is 0 Å². The van der Waals surface area contributed by atoms with Gasteiger partial charge >= 0.3 is 0 Å². The maximum Gasteiger partial charge on any atom is -0.0381 e. The van der Waals surface area contributed by atoms with Crippen molar-refractivity contribution in [2.45, 2.75) is 39.0 Å². The largest absolute Gasteiger partial charge is 0.0651 e. The molecule has 0 aromatic rings. The lowest BCUT2D eigenvalue weighted by molar-refractivity contribution is 0.0480. The van der Waals surface area contributed by atoms with Crippen molar-refractivity contribution in [2.75, 3.05) is 0 Å². The molecule has 3 saturated carbocycles. The second-order valence-corrected chi connectivity index (χ2v) is 3.84. The lowest BCUT2D eigenvalue weighted by atomic mass is 9.59. The summed E-state index contributed by atoms with van der Waals surface area (Å²) in [5.41, 5.74) is 0. The van der Waals surface area contributed by atoms with Gasteiger partial charge in [0, 0.05) is 0 Å². The summed E-state index contributed by atoms with van der Waals surface area (Å²) >= 11 is 0. The molecular formula is C9H16. The highest BCUT2D eigenvalue weighted by atomic mass is 14.4. The lowest BCUT2D eigenvalue weighted by Crippen LogP contribution is -2.35. The van der Waals surface area contributed by atoms with Crippen LogP contribution >= 0.6 is 0 Å². The van der Waals surface area contributed by atoms with Crippen LogP contribution in [0, 0.1) is 17.8 Å². The Labute approximate surface area is 57.6 Å². The van der Waals surface area contributed by atoms with Gasteiger partial charge in [0.05, 0.1) is 0 Å². The molecule has 0 N–H and O–H groups in total. The van der Waals surface area contributed by atoms with Crippen LogP contribution in [0.4, 0.5) is 0 Å². The molecule has 3 aliphatic rings. The van der Waals surface area contributed by atoms with E-state index in [0.29, 0.717) is 0 Å². The first-order valence-electron chi connectivity index (χ1n) is 4.40. The predicted molar refractivity (Wildman–Crippen MR) is 39.2 cm³/mol. The van der Waals surface area contributed by atoms with E-state index in [-0.39, 0.29) is 0 Å². The molecule has 9 heavy (non-hydrogen) atoms. The molecule has 3 fully saturated rings. The molecule has 0 amide bonds. The fourth-order valence-electron chi connectivity index (χ4n) is 2.63. The smallest absolute Gasteiger partial charge is 0.0381 e. The molecule has 0 nitrogen and oxygen atoms in total. The Kier molecular flexibility index (Phi) is 1.28. The van der Waals surface area contributed by atoms with Crippen LogP contribution in [0.25, 0.3) is 0 Å². The van der Waals surface area contributed by atoms with E-state index >= 15 is 0 Å². The van der Waals surface area contributed by atoms with Crippen LogP contribution in [-0.2, 0) is 0 Å². The molecule has 0 aromatic carbocycles. The van der Waals surface area contributed by atoms with Gasteiger partial charge in [0.1, 0.15) is 0 Å². The average Bonchev–Trinajstić information content (AvgIpc) is 1.86. The molecule has 0 unspecified atom stereocenters. The number of hydrogen-bond acceptors (Lipinski definition) is 0. The quantitative estimate of drug-likeness (QED) is 0.504. The molecule has 0 heteroatoms. The molecule has 0 heterocycles. The maximum atomic E-state index is 2.35. The van der Waals surface area contributed by atoms with Gasteiger partial charge in [0.2, 0.25) is 0 Å². The van der Waals surface area contributed by atoms with E-state index in [2.05, 4.69) is 6.92 Å². The van der Waals surface area contributed by atoms with Crippen molar-refractivity contribution in [3.63, 3.8) is 0 Å². The van der Waals surface area contributed by atoms with Crippen molar-refractivity contribution in [1.82, 2.24) is 0 Å². The topological polar surface area (TPSA) is 0 Å². The number of fused-ring (bicyclic) bond motifs is 2. The third-order valence-electron chi connectivity index (χ3n) is 3.41. The summed E-state index contributed by atoms with van der Waals surface area (Å²) in [5.74, 6) is 3.45. The van der Waals surface area contributed by atoms with E-state index in [0.717, 1.165) is 17.8 Å². The van der Waals surface area contributed by atoms with Gasteiger partial charge < -0.3 is 0 Å². The Morgan fingerprint density at radius 3 is 2.33 bits per heavy atom. The molecular weight excluding hydrogens is 108 g/mol. The molecule has 52 valence electrons. The van der Waals surface area contributed by atoms with Crippen LogP contribution < -0.4 is 0 Å². The van der Waals surface area contributed by atoms with Crippen LogP contribution in [0.15, 0.2) is 0 Å². The maximum absolute atomic E-state index is 2.35. The predicted octanol–water partition coefficient (Wildman–Crippen LogP) is 2.83. The third kappa shape index (κ3) is 0.798. The second-order valence-electron chi connectivity index (χ2n) is 3.84. The Morgan fingerprint density at radius 1 is 1.22 bits per heavy atom. The highest BCUT2D eigenvalue weighted by Crippen LogP contribution is 2.49. The van der Waals surface area contributed by atoms with Crippen LogP contribution in [0.1, 0.15) is 39.0 Å². The minimum absolute atomic E-state index is 1.12. The summed E-state index contributed by atoms with van der Waals surface area (Å²) in [6, 6.07) is 0. The van der Waals surface area contributed by atoms with Crippen LogP contribution in [0.3, 0.4) is 0 Å². The van der Waals surface area contributed by atoms with Gasteiger partial charge in [0.15, 0.2) is 0 Å². The lowest BCUT2D eigenvalue weighted by Gasteiger charge is -2.46. The molecule has 0 saturated heterocycles. The molecule has 0 spiro atoms. The van der Waals surface area contributed by atoms with Crippen molar-refractivity contribution < 1.29 is 0 Å². The minimum atomic E-state index is 1.12. The normalized spacial score (nSPS) is 48.3. The van der Waals surface area contributed by atoms with Crippen molar-refractivity contribution in [2.24, 2.45) is 17.8 Å². The monoisotopic (exact) mass is 124 g/mol. The fraction of sp³-hybridized carbons (Fsp3) is 1.00. The van der Waals surface area contributed by atoms with Crippen molar-refractivity contribution in [3.8, 4) is 0 Å². The number of hydrogen-bond donors (Lipinski definition) is 0. The van der Waals surface area contributed by atoms with Gasteiger partial charge in [-0.3, -0.25) is 0 Å². The Bertz CT molecular complexity index is 97.9. The summed E-state index contributed by atoms with van der Waals surface area (Å²) in [4.78, 5) is 0. The van der Waals surface area contributed by atoms with E-state index in [9.17, 15) is 0 Å². The Morgan fingerprint density at radius 2 is 2.00 bits per heavy atom. The molecule has 1 atom stereocenters. The van der Waals surface area contributed by atoms with Crippen molar-refractivity contribution in [3.05, 3.63) is 0 Å². The Hall–Kier alpha value is 0. The van der Waals surface area contributed by atoms with E-state index in [4.69, 9.17) is 0 Å². The first-order valence-corrected chi connectivity index (χ1v) is 4.40. The van der Waals surface area contributed by atoms with E-state index in [1.165, 1.54) is 6.42 Å². The van der Waals surface area contributed by atoms with E-state index < -0.39 is 0 Å². The zero-order valence-electron chi connectivity index (χ0n) is 6.27. The fourth-order valence-corrected chi connectivity index (χ4v) is 2.63. The summed E-state index contributed by atoms with van der Waals surface area (Å²) in [7, 11) is 0. The van der Waals surface area contributed by atoms with Gasteiger partial charge in [-0.25, -0.2) is 0 Å². The molecule has 0 radical (unpaired) electrons. The number of rotatable bonds is 1. The summed E-state index contributed by atoms with van der Waals surface area (Å²) < 4.78 is 0. The first-order chi connectivity index (χ1) is 4.40. The second kappa shape index (κ2) is 2.00. The van der Waals surface area contributed by atoms with Gasteiger partial charge in [-0.15, -0.1) is 0 Å². The highest BCUT2D eigenvalue weighted by Gasteiger charge is 2.38. The summed E-state index contributed by atoms with van der Waals surface area (Å²) in [6.45, 7) is 2.35. The summed E-state index contributed by atoms with van der Waals surface area (Å²) in [6.07, 6.45) is 7.70. The molecule has 3 aliphatic carbocycles. The van der Waals surface area contributed by atoms with Gasteiger partial charge in [0.25, 0.3) is 0 Å². The highest BCUT2D eigenvalue weighted by molar-refractivity contribution is 4.89. The average molecular weight is 124 g/mol. The third-order valence-corrected chi connectivity index (χ3v) is 3.41. The SMILES string of the molecule is CC[C@@H]1CCC2CC1C2. The summed E-state index contributed by atoms with van der Waals surface area (Å²) in [5, 5.41) is 0. The van der Waals surface area contributed by atoms with Gasteiger partial charge in [-0.05, 0) is 37.0 Å². The molecule has 0 aromatic heterocycles. The van der Waals surface area contributed by atoms with Crippen molar-refractivity contribution >= 4 is 0 Å². The van der Waals surface area contributed by atoms with Crippen LogP contribution in [0.2, 0.25) is 0 Å². The standard InChI is InChI=1S/C9H16/c1-2-8-4-3-7-5-9(8)6-7/h7-9H,2-6H2,1H3/t7?,8-,9?/m1/s1. The van der Waals surface area contributed by atoms with Gasteiger partial charge in [-0.2, -0.15) is 0 Å². The van der Waals surface area contributed by atoms with Gasteiger partial charge in [-0.1, -0.05) is 19.8 Å². The van der Waals surface area contributed by atoms with Crippen LogP contribution in [-0.4, -0.2) is 0 Å². The molecule has 0 aliphatic heterocycles. The van der Waals surface area contributed by atoms with E-state index in [1.54, 1.807) is 25.7 Å².